The Morgan fingerprint density at radius 1 is 1.14 bits per heavy atom. The molecule has 1 aromatic carbocycles. The van der Waals surface area contributed by atoms with E-state index in [9.17, 15) is 0 Å². The summed E-state index contributed by atoms with van der Waals surface area (Å²) >= 11 is 0. The Bertz CT molecular complexity index is 933. The molecule has 1 saturated heterocycles. The average molecular weight is 377 g/mol. The van der Waals surface area contributed by atoms with Gasteiger partial charge in [0.2, 0.25) is 5.95 Å². The second-order valence-corrected chi connectivity index (χ2v) is 7.55. The second kappa shape index (κ2) is 8.10. The van der Waals surface area contributed by atoms with E-state index < -0.39 is 0 Å². The summed E-state index contributed by atoms with van der Waals surface area (Å²) in [4.78, 5) is 11.6. The molecule has 3 aromatic rings. The van der Waals surface area contributed by atoms with Gasteiger partial charge in [0.15, 0.2) is 0 Å². The van der Waals surface area contributed by atoms with Gasteiger partial charge < -0.3 is 10.2 Å². The Morgan fingerprint density at radius 3 is 2.71 bits per heavy atom. The van der Waals surface area contributed by atoms with Crippen LogP contribution in [0.3, 0.4) is 0 Å². The first-order valence-electron chi connectivity index (χ1n) is 10.0. The number of nitrogens with one attached hydrogen (secondary N) is 1. The van der Waals surface area contributed by atoms with E-state index >= 15 is 0 Å². The molecular formula is C22H28N6. The molecule has 1 aliphatic heterocycles. The number of hydrogen-bond acceptors (Lipinski definition) is 5. The minimum Gasteiger partial charge on any atom is -0.354 e. The Balaban J connectivity index is 1.52. The van der Waals surface area contributed by atoms with Gasteiger partial charge in [-0.15, -0.1) is 0 Å². The average Bonchev–Trinajstić information content (AvgIpc) is 3.25. The maximum absolute atomic E-state index is 4.77. The first kappa shape index (κ1) is 18.6. The molecule has 0 amide bonds. The Hall–Kier alpha value is -2.73. The number of hydrogen-bond donors (Lipinski definition) is 1. The van der Waals surface area contributed by atoms with Crippen LogP contribution >= 0.6 is 0 Å². The molecule has 1 atom stereocenters. The summed E-state index contributed by atoms with van der Waals surface area (Å²) in [7, 11) is 2.21. The van der Waals surface area contributed by atoms with Crippen molar-refractivity contribution in [2.75, 3.05) is 25.5 Å². The number of aryl methyl sites for hydroxylation is 1. The molecule has 1 fully saturated rings. The van der Waals surface area contributed by atoms with Crippen molar-refractivity contribution < 1.29 is 0 Å². The predicted molar refractivity (Wildman–Crippen MR) is 113 cm³/mol. The summed E-state index contributed by atoms with van der Waals surface area (Å²) in [5.41, 5.74) is 5.10. The fraction of sp³-hybridized carbons (Fsp3) is 0.409. The molecule has 146 valence electrons. The number of aromatic nitrogens is 4. The summed E-state index contributed by atoms with van der Waals surface area (Å²) in [6, 6.07) is 12.8. The quantitative estimate of drug-likeness (QED) is 0.708. The van der Waals surface area contributed by atoms with E-state index in [2.05, 4.69) is 41.3 Å². The molecule has 1 N–H and O–H groups in total. The zero-order valence-corrected chi connectivity index (χ0v) is 16.9. The molecule has 6 nitrogen and oxygen atoms in total. The highest BCUT2D eigenvalue weighted by atomic mass is 15.3. The normalized spacial score (nSPS) is 17.2. The predicted octanol–water partition coefficient (Wildman–Crippen LogP) is 3.84. The monoisotopic (exact) mass is 376 g/mol. The van der Waals surface area contributed by atoms with Crippen LogP contribution in [0.4, 0.5) is 5.95 Å². The summed E-state index contributed by atoms with van der Waals surface area (Å²) < 4.78 is 1.98. The molecule has 0 bridgehead atoms. The number of likely N-dealkylation sites (tertiary alicyclic amines) is 1. The lowest BCUT2D eigenvalue weighted by atomic mass is 10.1. The van der Waals surface area contributed by atoms with Crippen molar-refractivity contribution in [3.8, 4) is 16.9 Å². The van der Waals surface area contributed by atoms with Gasteiger partial charge in [0, 0.05) is 24.3 Å². The molecule has 0 spiro atoms. The SMILES string of the molecule is Cc1nn(-c2ccccc2)c(C)c1-c1ccnc(NCCC2CCCN2C)n1. The van der Waals surface area contributed by atoms with E-state index in [0.29, 0.717) is 12.0 Å². The van der Waals surface area contributed by atoms with Crippen molar-refractivity contribution in [3.63, 3.8) is 0 Å². The van der Waals surface area contributed by atoms with Crippen molar-refractivity contribution in [2.24, 2.45) is 0 Å². The molecule has 0 radical (unpaired) electrons. The third-order valence-electron chi connectivity index (χ3n) is 5.64. The van der Waals surface area contributed by atoms with Gasteiger partial charge in [-0.1, -0.05) is 18.2 Å². The van der Waals surface area contributed by atoms with Gasteiger partial charge in [0.05, 0.1) is 22.8 Å². The van der Waals surface area contributed by atoms with Crippen LogP contribution in [0.5, 0.6) is 0 Å². The van der Waals surface area contributed by atoms with Gasteiger partial charge in [-0.2, -0.15) is 5.10 Å². The first-order chi connectivity index (χ1) is 13.6. The third kappa shape index (κ3) is 3.78. The van der Waals surface area contributed by atoms with Crippen molar-refractivity contribution >= 4 is 5.95 Å². The highest BCUT2D eigenvalue weighted by Gasteiger charge is 2.20. The maximum Gasteiger partial charge on any atom is 0.223 e. The summed E-state index contributed by atoms with van der Waals surface area (Å²) in [6.07, 6.45) is 5.53. The second-order valence-electron chi connectivity index (χ2n) is 7.55. The van der Waals surface area contributed by atoms with Crippen LogP contribution in [0.15, 0.2) is 42.6 Å². The van der Waals surface area contributed by atoms with Gasteiger partial charge in [0.1, 0.15) is 0 Å². The third-order valence-corrected chi connectivity index (χ3v) is 5.64. The fourth-order valence-electron chi connectivity index (χ4n) is 4.11. The van der Waals surface area contributed by atoms with Gasteiger partial charge in [-0.25, -0.2) is 14.6 Å². The minimum atomic E-state index is 0.671. The zero-order valence-electron chi connectivity index (χ0n) is 16.9. The molecule has 6 heteroatoms. The largest absolute Gasteiger partial charge is 0.354 e. The summed E-state index contributed by atoms with van der Waals surface area (Å²) in [6.45, 7) is 6.22. The van der Waals surface area contributed by atoms with E-state index in [-0.39, 0.29) is 0 Å². The highest BCUT2D eigenvalue weighted by molar-refractivity contribution is 5.66. The van der Waals surface area contributed by atoms with Crippen molar-refractivity contribution in [3.05, 3.63) is 54.0 Å². The zero-order chi connectivity index (χ0) is 19.5. The van der Waals surface area contributed by atoms with E-state index in [1.165, 1.54) is 19.4 Å². The lowest BCUT2D eigenvalue weighted by Crippen LogP contribution is -2.27. The number of para-hydroxylation sites is 1. The smallest absolute Gasteiger partial charge is 0.223 e. The molecule has 2 aromatic heterocycles. The van der Waals surface area contributed by atoms with E-state index in [4.69, 9.17) is 10.1 Å². The lowest BCUT2D eigenvalue weighted by Gasteiger charge is -2.19. The van der Waals surface area contributed by atoms with Crippen LogP contribution in [0.2, 0.25) is 0 Å². The van der Waals surface area contributed by atoms with Gasteiger partial charge in [0.25, 0.3) is 0 Å². The standard InChI is InChI=1S/C22H28N6/c1-16-21(17(2)28(26-16)19-8-5-4-6-9-19)20-12-14-24-22(25-20)23-13-11-18-10-7-15-27(18)3/h4-6,8-9,12,14,18H,7,10-11,13,15H2,1-3H3,(H,23,24,25). The highest BCUT2D eigenvalue weighted by Crippen LogP contribution is 2.27. The molecule has 4 rings (SSSR count). The lowest BCUT2D eigenvalue weighted by molar-refractivity contribution is 0.301. The van der Waals surface area contributed by atoms with Gasteiger partial charge >= 0.3 is 0 Å². The van der Waals surface area contributed by atoms with Gasteiger partial charge in [-0.05, 0) is 64.9 Å². The maximum atomic E-state index is 4.77. The van der Waals surface area contributed by atoms with Crippen LogP contribution in [-0.2, 0) is 0 Å². The van der Waals surface area contributed by atoms with Gasteiger partial charge in [-0.3, -0.25) is 0 Å². The summed E-state index contributed by atoms with van der Waals surface area (Å²) in [5, 5.41) is 8.14. The van der Waals surface area contributed by atoms with E-state index in [0.717, 1.165) is 41.3 Å². The van der Waals surface area contributed by atoms with Crippen LogP contribution in [0, 0.1) is 13.8 Å². The Kier molecular flexibility index (Phi) is 5.39. The number of nitrogens with zero attached hydrogens (tertiary/aromatic N) is 5. The molecule has 28 heavy (non-hydrogen) atoms. The van der Waals surface area contributed by atoms with Crippen LogP contribution in [0.1, 0.15) is 30.7 Å². The van der Waals surface area contributed by atoms with Crippen molar-refractivity contribution in [1.29, 1.82) is 0 Å². The fourth-order valence-corrected chi connectivity index (χ4v) is 4.11. The molecular weight excluding hydrogens is 348 g/mol. The van der Waals surface area contributed by atoms with E-state index in [1.807, 2.05) is 42.1 Å². The molecule has 3 heterocycles. The number of rotatable bonds is 6. The molecule has 1 unspecified atom stereocenters. The molecule has 1 aliphatic rings. The van der Waals surface area contributed by atoms with Crippen molar-refractivity contribution in [2.45, 2.75) is 39.2 Å². The Labute approximate surface area is 166 Å². The minimum absolute atomic E-state index is 0.671. The summed E-state index contributed by atoms with van der Waals surface area (Å²) in [5.74, 6) is 0.685. The molecule has 0 saturated carbocycles. The van der Waals surface area contributed by atoms with Crippen molar-refractivity contribution in [1.82, 2.24) is 24.6 Å². The van der Waals surface area contributed by atoms with Crippen LogP contribution < -0.4 is 5.32 Å². The number of anilines is 1. The van der Waals surface area contributed by atoms with Crippen LogP contribution in [0.25, 0.3) is 16.9 Å². The first-order valence-corrected chi connectivity index (χ1v) is 10.0. The van der Waals surface area contributed by atoms with E-state index in [1.54, 1.807) is 0 Å². The Morgan fingerprint density at radius 2 is 1.96 bits per heavy atom. The van der Waals surface area contributed by atoms with Crippen LogP contribution in [-0.4, -0.2) is 50.8 Å². The topological polar surface area (TPSA) is 58.9 Å². The number of benzene rings is 1. The molecule has 0 aliphatic carbocycles.